The molecule has 5 heteroatoms. The van der Waals surface area contributed by atoms with Gasteiger partial charge in [0.1, 0.15) is 6.04 Å². The van der Waals surface area contributed by atoms with Crippen LogP contribution in [0.3, 0.4) is 0 Å². The van der Waals surface area contributed by atoms with E-state index in [-0.39, 0.29) is 11.8 Å². The Morgan fingerprint density at radius 3 is 2.92 bits per heavy atom. The van der Waals surface area contributed by atoms with Crippen molar-refractivity contribution in [3.63, 3.8) is 0 Å². The predicted octanol–water partition coefficient (Wildman–Crippen LogP) is 2.82. The summed E-state index contributed by atoms with van der Waals surface area (Å²) in [5.41, 5.74) is 2.90. The van der Waals surface area contributed by atoms with Crippen LogP contribution in [-0.2, 0) is 20.7 Å². The molecule has 1 atom stereocenters. The number of allylic oxidation sites excluding steroid dienone is 1. The average molecular weight is 326 g/mol. The van der Waals surface area contributed by atoms with E-state index < -0.39 is 6.04 Å². The van der Waals surface area contributed by atoms with Gasteiger partial charge in [0.05, 0.1) is 7.11 Å². The van der Waals surface area contributed by atoms with Crippen molar-refractivity contribution in [2.75, 3.05) is 13.7 Å². The number of ketones is 1. The summed E-state index contributed by atoms with van der Waals surface area (Å²) in [6, 6.07) is 7.60. The number of ether oxygens (including phenoxy) is 1. The third-order valence-electron chi connectivity index (χ3n) is 4.62. The van der Waals surface area contributed by atoms with Crippen molar-refractivity contribution < 1.29 is 14.3 Å². The summed E-state index contributed by atoms with van der Waals surface area (Å²) in [6.45, 7) is 2.50. The van der Waals surface area contributed by atoms with Crippen LogP contribution in [-0.4, -0.2) is 41.3 Å². The normalized spacial score (nSPS) is 16.2. The number of hydrogen-bond donors (Lipinski definition) is 1. The fourth-order valence-electron chi connectivity index (χ4n) is 3.24. The predicted molar refractivity (Wildman–Crippen MR) is 92.5 cm³/mol. The topological polar surface area (TPSA) is 62.4 Å². The van der Waals surface area contributed by atoms with Crippen molar-refractivity contribution in [3.8, 4) is 0 Å². The van der Waals surface area contributed by atoms with Crippen molar-refractivity contribution in [1.82, 2.24) is 9.88 Å². The molecule has 1 aromatic carbocycles. The number of H-pyrrole nitrogens is 1. The molecule has 1 aliphatic heterocycles. The number of fused-ring (bicyclic) bond motifs is 1. The number of benzene rings is 1. The van der Waals surface area contributed by atoms with Crippen LogP contribution in [0.5, 0.6) is 0 Å². The van der Waals surface area contributed by atoms with Gasteiger partial charge in [-0.25, -0.2) is 4.79 Å². The van der Waals surface area contributed by atoms with E-state index in [0.717, 1.165) is 22.0 Å². The molecular formula is C19H22N2O3. The number of aromatic nitrogens is 1. The fraction of sp³-hybridized carbons (Fsp3) is 0.368. The third-order valence-corrected chi connectivity index (χ3v) is 4.62. The number of rotatable bonds is 5. The lowest BCUT2D eigenvalue weighted by atomic mass is 9.99. The minimum Gasteiger partial charge on any atom is -0.467 e. The van der Waals surface area contributed by atoms with Crippen LogP contribution >= 0.6 is 0 Å². The van der Waals surface area contributed by atoms with E-state index in [2.05, 4.69) is 4.98 Å². The average Bonchev–Trinajstić information content (AvgIpc) is 3.03. The van der Waals surface area contributed by atoms with E-state index in [1.54, 1.807) is 0 Å². The molecule has 2 aromatic rings. The molecule has 3 rings (SSSR count). The highest BCUT2D eigenvalue weighted by molar-refractivity contribution is 5.96. The second kappa shape index (κ2) is 6.91. The van der Waals surface area contributed by atoms with E-state index in [4.69, 9.17) is 4.74 Å². The molecule has 1 aromatic heterocycles. The lowest BCUT2D eigenvalue weighted by Gasteiger charge is -2.32. The van der Waals surface area contributed by atoms with Gasteiger partial charge in [0.2, 0.25) is 0 Å². The van der Waals surface area contributed by atoms with Crippen LogP contribution in [0.1, 0.15) is 25.3 Å². The number of carbonyl (C=O) groups is 2. The van der Waals surface area contributed by atoms with Crippen molar-refractivity contribution in [1.29, 1.82) is 0 Å². The molecule has 0 saturated carbocycles. The molecule has 1 aliphatic rings. The van der Waals surface area contributed by atoms with Crippen LogP contribution in [0.4, 0.5) is 0 Å². The summed E-state index contributed by atoms with van der Waals surface area (Å²) in [6.07, 6.45) is 5.44. The molecule has 5 nitrogen and oxygen atoms in total. The summed E-state index contributed by atoms with van der Waals surface area (Å²) in [4.78, 5) is 29.5. The van der Waals surface area contributed by atoms with Gasteiger partial charge >= 0.3 is 5.97 Å². The first-order valence-electron chi connectivity index (χ1n) is 8.26. The number of para-hydroxylation sites is 1. The largest absolute Gasteiger partial charge is 0.467 e. The molecule has 2 heterocycles. The zero-order valence-electron chi connectivity index (χ0n) is 14.0. The Morgan fingerprint density at radius 1 is 1.38 bits per heavy atom. The zero-order chi connectivity index (χ0) is 17.1. The van der Waals surface area contributed by atoms with E-state index in [1.165, 1.54) is 7.11 Å². The number of nitrogens with one attached hydrogen (secondary N) is 1. The van der Waals surface area contributed by atoms with Crippen molar-refractivity contribution in [2.45, 2.75) is 32.2 Å². The maximum atomic E-state index is 12.4. The van der Waals surface area contributed by atoms with Gasteiger partial charge in [0.15, 0.2) is 5.78 Å². The maximum Gasteiger partial charge on any atom is 0.328 e. The van der Waals surface area contributed by atoms with E-state index >= 15 is 0 Å². The molecule has 0 spiro atoms. The van der Waals surface area contributed by atoms with Gasteiger partial charge in [-0.2, -0.15) is 0 Å². The summed E-state index contributed by atoms with van der Waals surface area (Å²) in [5, 5.41) is 1.11. The number of nitrogens with zero attached hydrogens (tertiary/aromatic N) is 1. The lowest BCUT2D eigenvalue weighted by molar-refractivity contribution is -0.146. The van der Waals surface area contributed by atoms with Crippen molar-refractivity contribution in [3.05, 3.63) is 47.8 Å². The van der Waals surface area contributed by atoms with E-state index in [0.29, 0.717) is 25.8 Å². The van der Waals surface area contributed by atoms with Crippen LogP contribution in [0.15, 0.2) is 42.2 Å². The highest BCUT2D eigenvalue weighted by Crippen LogP contribution is 2.23. The summed E-state index contributed by atoms with van der Waals surface area (Å²) in [7, 11) is 1.41. The molecule has 0 amide bonds. The molecule has 0 bridgehead atoms. The first kappa shape index (κ1) is 16.3. The Kier molecular flexibility index (Phi) is 4.69. The van der Waals surface area contributed by atoms with Crippen LogP contribution in [0.2, 0.25) is 0 Å². The highest BCUT2D eigenvalue weighted by Gasteiger charge is 2.29. The third kappa shape index (κ3) is 3.07. The summed E-state index contributed by atoms with van der Waals surface area (Å²) >= 11 is 0. The monoisotopic (exact) mass is 326 g/mol. The quantitative estimate of drug-likeness (QED) is 0.858. The Bertz CT molecular complexity index is 791. The highest BCUT2D eigenvalue weighted by atomic mass is 16.5. The van der Waals surface area contributed by atoms with Gasteiger partial charge in [-0.15, -0.1) is 0 Å². The molecule has 0 fully saturated rings. The molecule has 0 radical (unpaired) electrons. The Labute approximate surface area is 141 Å². The molecule has 0 aliphatic carbocycles. The van der Waals surface area contributed by atoms with Gasteiger partial charge < -0.3 is 14.6 Å². The lowest BCUT2D eigenvalue weighted by Crippen LogP contribution is -2.43. The molecule has 0 saturated heterocycles. The van der Waals surface area contributed by atoms with Crippen LogP contribution in [0, 0.1) is 0 Å². The maximum absolute atomic E-state index is 12.4. The number of methoxy groups -OCH3 is 1. The molecule has 24 heavy (non-hydrogen) atoms. The number of esters is 1. The number of carbonyl (C=O) groups excluding carboxylic acids is 2. The second-order valence-electron chi connectivity index (χ2n) is 6.02. The number of Topliss-reactive ketones (excluding diaryl/α,β-unsaturated/α-hetero) is 1. The van der Waals surface area contributed by atoms with Gasteiger partial charge in [-0.3, -0.25) is 4.79 Å². The number of aromatic amines is 1. The van der Waals surface area contributed by atoms with Crippen molar-refractivity contribution >= 4 is 22.7 Å². The Hall–Kier alpha value is -2.56. The van der Waals surface area contributed by atoms with Gasteiger partial charge in [0.25, 0.3) is 0 Å². The van der Waals surface area contributed by atoms with Crippen LogP contribution in [0.25, 0.3) is 10.9 Å². The molecule has 0 unspecified atom stereocenters. The first-order chi connectivity index (χ1) is 11.6. The minimum absolute atomic E-state index is 0.171. The summed E-state index contributed by atoms with van der Waals surface area (Å²) in [5.74, 6) is -0.106. The first-order valence-corrected chi connectivity index (χ1v) is 8.26. The van der Waals surface area contributed by atoms with Gasteiger partial charge in [-0.05, 0) is 18.1 Å². The minimum atomic E-state index is -0.427. The van der Waals surface area contributed by atoms with Crippen LogP contribution < -0.4 is 0 Å². The SMILES string of the molecule is CCC1=CN([C@@H](Cc2c[nH]c3ccccc23)C(=O)OC)CCC1=O. The van der Waals surface area contributed by atoms with Crippen molar-refractivity contribution in [2.24, 2.45) is 0 Å². The smallest absolute Gasteiger partial charge is 0.328 e. The Balaban J connectivity index is 1.91. The number of hydrogen-bond acceptors (Lipinski definition) is 4. The molecule has 1 N–H and O–H groups in total. The molecular weight excluding hydrogens is 304 g/mol. The Morgan fingerprint density at radius 2 is 2.17 bits per heavy atom. The summed E-state index contributed by atoms with van der Waals surface area (Å²) < 4.78 is 5.02. The zero-order valence-corrected chi connectivity index (χ0v) is 14.0. The fourth-order valence-corrected chi connectivity index (χ4v) is 3.24. The van der Waals surface area contributed by atoms with Gasteiger partial charge in [-0.1, -0.05) is 25.1 Å². The van der Waals surface area contributed by atoms with E-state index in [9.17, 15) is 9.59 Å². The standard InChI is InChI=1S/C19H22N2O3/c1-3-13-12-21(9-8-18(13)22)17(19(23)24-2)10-14-11-20-16-7-5-4-6-15(14)16/h4-7,11-12,17,20H,3,8-10H2,1-2H3/t17-/m0/s1. The van der Waals surface area contributed by atoms with E-state index in [1.807, 2.05) is 48.5 Å². The second-order valence-corrected chi connectivity index (χ2v) is 6.02. The molecule has 126 valence electrons. The van der Waals surface area contributed by atoms with Gasteiger partial charge in [0, 0.05) is 48.3 Å².